The molecule has 1 unspecified atom stereocenters. The van der Waals surface area contributed by atoms with E-state index in [0.29, 0.717) is 16.2 Å². The van der Waals surface area contributed by atoms with Crippen LogP contribution in [0.5, 0.6) is 0 Å². The second kappa shape index (κ2) is 4.02. The highest BCUT2D eigenvalue weighted by atomic mass is 32.1. The van der Waals surface area contributed by atoms with Crippen LogP contribution in [0.4, 0.5) is 13.2 Å². The molecule has 0 aliphatic heterocycles. The van der Waals surface area contributed by atoms with Crippen molar-refractivity contribution >= 4 is 23.0 Å². The molecule has 0 spiro atoms. The van der Waals surface area contributed by atoms with Crippen molar-refractivity contribution < 1.29 is 23.2 Å². The third-order valence-electron chi connectivity index (χ3n) is 2.41. The lowest BCUT2D eigenvalue weighted by atomic mass is 10.2. The molecule has 17 heavy (non-hydrogen) atoms. The molecule has 1 aliphatic rings. The van der Waals surface area contributed by atoms with Gasteiger partial charge in [0.1, 0.15) is 0 Å². The second-order valence-corrected chi connectivity index (χ2v) is 4.40. The van der Waals surface area contributed by atoms with Gasteiger partial charge in [-0.1, -0.05) is 5.16 Å². The minimum absolute atomic E-state index is 0.0698. The van der Waals surface area contributed by atoms with Crippen molar-refractivity contribution in [3.05, 3.63) is 21.9 Å². The normalized spacial score (nSPS) is 21.6. The van der Waals surface area contributed by atoms with Gasteiger partial charge >= 0.3 is 12.1 Å². The van der Waals surface area contributed by atoms with E-state index in [-0.39, 0.29) is 6.42 Å². The number of hydrogen-bond acceptors (Lipinski definition) is 4. The number of amides is 1. The van der Waals surface area contributed by atoms with E-state index >= 15 is 0 Å². The molecule has 0 bridgehead atoms. The maximum absolute atomic E-state index is 12.1. The Bertz CT molecular complexity index is 481. The summed E-state index contributed by atoms with van der Waals surface area (Å²) in [5.41, 5.74) is 0.850. The van der Waals surface area contributed by atoms with E-state index in [1.807, 2.05) is 5.32 Å². The van der Waals surface area contributed by atoms with Gasteiger partial charge in [-0.05, 0) is 17.0 Å². The molecule has 2 N–H and O–H groups in total. The number of hydrogen-bond donors (Lipinski definition) is 2. The topological polar surface area (TPSA) is 61.7 Å². The Hall–Kier alpha value is -1.57. The number of rotatable bonds is 1. The molecule has 2 rings (SSSR count). The summed E-state index contributed by atoms with van der Waals surface area (Å²) in [4.78, 5) is 11.4. The van der Waals surface area contributed by atoms with Crippen LogP contribution in [0.3, 0.4) is 0 Å². The average molecular weight is 264 g/mol. The predicted molar refractivity (Wildman–Crippen MR) is 54.2 cm³/mol. The average Bonchev–Trinajstić information content (AvgIpc) is 2.79. The molecule has 0 radical (unpaired) electrons. The van der Waals surface area contributed by atoms with Gasteiger partial charge in [0.25, 0.3) is 0 Å². The molecule has 0 aromatic carbocycles. The second-order valence-electron chi connectivity index (χ2n) is 3.48. The van der Waals surface area contributed by atoms with Crippen molar-refractivity contribution in [1.29, 1.82) is 0 Å². The molecule has 1 atom stereocenters. The zero-order valence-corrected chi connectivity index (χ0v) is 9.10. The van der Waals surface area contributed by atoms with Gasteiger partial charge in [0.15, 0.2) is 0 Å². The van der Waals surface area contributed by atoms with Crippen LogP contribution in [0.25, 0.3) is 0 Å². The van der Waals surface area contributed by atoms with Crippen molar-refractivity contribution in [2.24, 2.45) is 5.16 Å². The van der Waals surface area contributed by atoms with E-state index in [0.717, 1.165) is 0 Å². The van der Waals surface area contributed by atoms with Crippen molar-refractivity contribution in [2.75, 3.05) is 0 Å². The van der Waals surface area contributed by atoms with Crippen molar-refractivity contribution in [1.82, 2.24) is 5.32 Å². The molecule has 4 nitrogen and oxygen atoms in total. The number of oxime groups is 1. The fraction of sp³-hybridized carbons (Fsp3) is 0.333. The minimum Gasteiger partial charge on any atom is -0.411 e. The smallest absolute Gasteiger partial charge is 0.411 e. The molecule has 0 fully saturated rings. The molecular weight excluding hydrogens is 257 g/mol. The van der Waals surface area contributed by atoms with E-state index in [1.165, 1.54) is 11.3 Å². The fourth-order valence-corrected chi connectivity index (χ4v) is 2.64. The number of nitrogens with one attached hydrogen (secondary N) is 1. The van der Waals surface area contributed by atoms with Gasteiger partial charge in [-0.3, -0.25) is 4.79 Å². The third kappa shape index (κ3) is 2.12. The first kappa shape index (κ1) is 11.9. The van der Waals surface area contributed by atoms with E-state index in [2.05, 4.69) is 5.16 Å². The zero-order chi connectivity index (χ0) is 12.6. The largest absolute Gasteiger partial charge is 0.471 e. The maximum Gasteiger partial charge on any atom is 0.471 e. The number of halogens is 3. The Morgan fingerprint density at radius 2 is 2.29 bits per heavy atom. The summed E-state index contributed by atoms with van der Waals surface area (Å²) >= 11 is 1.26. The van der Waals surface area contributed by atoms with Crippen LogP contribution in [0.2, 0.25) is 0 Å². The number of carbonyl (C=O) groups excluding carboxylic acids is 1. The first-order chi connectivity index (χ1) is 7.93. The van der Waals surface area contributed by atoms with Crippen LogP contribution in [-0.2, 0) is 4.79 Å². The van der Waals surface area contributed by atoms with Gasteiger partial charge in [0, 0.05) is 6.42 Å². The van der Waals surface area contributed by atoms with Crippen LogP contribution >= 0.6 is 11.3 Å². The number of fused-ring (bicyclic) bond motifs is 1. The molecule has 0 saturated heterocycles. The van der Waals surface area contributed by atoms with Crippen LogP contribution in [-0.4, -0.2) is 23.0 Å². The summed E-state index contributed by atoms with van der Waals surface area (Å²) < 4.78 is 36.3. The third-order valence-corrected chi connectivity index (χ3v) is 3.39. The molecular formula is C9H7F3N2O2S. The summed E-state index contributed by atoms with van der Waals surface area (Å²) in [5.74, 6) is -1.99. The number of carbonyl (C=O) groups is 1. The lowest BCUT2D eigenvalue weighted by Gasteiger charge is -2.13. The summed E-state index contributed by atoms with van der Waals surface area (Å²) in [6.07, 6.45) is -4.84. The number of thiophene rings is 1. The Morgan fingerprint density at radius 3 is 2.88 bits per heavy atom. The van der Waals surface area contributed by atoms with Gasteiger partial charge in [0.05, 0.1) is 16.6 Å². The van der Waals surface area contributed by atoms with Gasteiger partial charge in [-0.15, -0.1) is 11.3 Å². The van der Waals surface area contributed by atoms with Crippen LogP contribution in [0.1, 0.15) is 22.9 Å². The fourth-order valence-electron chi connectivity index (χ4n) is 1.68. The SMILES string of the molecule is O=C(NC1C/C(=N/O)c2sccc21)C(F)(F)F. The molecule has 1 amide bonds. The summed E-state index contributed by atoms with van der Waals surface area (Å²) in [6, 6.07) is 0.829. The van der Waals surface area contributed by atoms with Crippen LogP contribution in [0, 0.1) is 0 Å². The Labute approximate surface area is 97.7 Å². The van der Waals surface area contributed by atoms with Crippen LogP contribution in [0.15, 0.2) is 16.6 Å². The lowest BCUT2D eigenvalue weighted by molar-refractivity contribution is -0.174. The highest BCUT2D eigenvalue weighted by Crippen LogP contribution is 2.35. The lowest BCUT2D eigenvalue weighted by Crippen LogP contribution is -2.38. The van der Waals surface area contributed by atoms with Crippen molar-refractivity contribution in [3.8, 4) is 0 Å². The van der Waals surface area contributed by atoms with E-state index in [1.54, 1.807) is 11.4 Å². The minimum atomic E-state index is -4.91. The van der Waals surface area contributed by atoms with Gasteiger partial charge in [0.2, 0.25) is 0 Å². The monoisotopic (exact) mass is 264 g/mol. The number of nitrogens with zero attached hydrogens (tertiary/aromatic N) is 1. The molecule has 1 aromatic heterocycles. The maximum atomic E-state index is 12.1. The summed E-state index contributed by atoms with van der Waals surface area (Å²) in [5, 5.41) is 15.3. The Kier molecular flexibility index (Phi) is 2.82. The molecule has 92 valence electrons. The molecule has 0 saturated carbocycles. The number of alkyl halides is 3. The molecule has 1 aromatic rings. The van der Waals surface area contributed by atoms with Crippen LogP contribution < -0.4 is 5.32 Å². The van der Waals surface area contributed by atoms with Gasteiger partial charge in [-0.25, -0.2) is 0 Å². The van der Waals surface area contributed by atoms with Gasteiger partial charge < -0.3 is 10.5 Å². The van der Waals surface area contributed by atoms with E-state index < -0.39 is 18.1 Å². The highest BCUT2D eigenvalue weighted by Gasteiger charge is 2.41. The predicted octanol–water partition coefficient (Wildman–Crippen LogP) is 2.05. The Morgan fingerprint density at radius 1 is 1.59 bits per heavy atom. The highest BCUT2D eigenvalue weighted by molar-refractivity contribution is 7.12. The first-order valence-corrected chi connectivity index (χ1v) is 5.48. The van der Waals surface area contributed by atoms with Crippen molar-refractivity contribution in [3.63, 3.8) is 0 Å². The standard InChI is InChI=1S/C9H7F3N2O2S/c10-9(11,12)8(15)13-5-3-6(14-16)7-4(5)1-2-17-7/h1-2,5,16H,3H2,(H,13,15)/b14-6-. The summed E-state index contributed by atoms with van der Waals surface area (Å²) in [6.45, 7) is 0. The molecule has 1 aliphatic carbocycles. The van der Waals surface area contributed by atoms with E-state index in [4.69, 9.17) is 5.21 Å². The summed E-state index contributed by atoms with van der Waals surface area (Å²) in [7, 11) is 0. The molecule has 8 heteroatoms. The quantitative estimate of drug-likeness (QED) is 0.602. The van der Waals surface area contributed by atoms with E-state index in [9.17, 15) is 18.0 Å². The Balaban J connectivity index is 2.19. The first-order valence-electron chi connectivity index (χ1n) is 4.60. The van der Waals surface area contributed by atoms with Crippen molar-refractivity contribution in [2.45, 2.75) is 18.6 Å². The van der Waals surface area contributed by atoms with Gasteiger partial charge in [-0.2, -0.15) is 13.2 Å². The molecule has 1 heterocycles. The zero-order valence-electron chi connectivity index (χ0n) is 8.28.